The molecule has 1 amide bonds. The van der Waals surface area contributed by atoms with Crippen molar-refractivity contribution in [2.75, 3.05) is 6.54 Å². The molecule has 0 aliphatic heterocycles. The highest BCUT2D eigenvalue weighted by Gasteiger charge is 2.31. The third kappa shape index (κ3) is 3.86. The number of alkyl halides is 4. The van der Waals surface area contributed by atoms with Crippen molar-refractivity contribution in [3.8, 4) is 0 Å². The Morgan fingerprint density at radius 2 is 1.89 bits per heavy atom. The molecule has 1 aromatic carbocycles. The predicted molar refractivity (Wildman–Crippen MR) is 66.1 cm³/mol. The largest absolute Gasteiger partial charge is 0.416 e. The number of carbonyl (C=O) groups excluding carboxylic acids is 1. The van der Waals surface area contributed by atoms with Crippen molar-refractivity contribution in [2.24, 2.45) is 5.92 Å². The lowest BCUT2D eigenvalue weighted by Crippen LogP contribution is -2.30. The Bertz CT molecular complexity index is 454. The van der Waals surface area contributed by atoms with Crippen LogP contribution in [0.4, 0.5) is 13.2 Å². The first kappa shape index (κ1) is 14.2. The molecule has 0 spiro atoms. The zero-order valence-electron chi connectivity index (χ0n) is 10.0. The van der Waals surface area contributed by atoms with Crippen LogP contribution in [-0.4, -0.2) is 17.8 Å². The van der Waals surface area contributed by atoms with Crippen LogP contribution in [0.5, 0.6) is 0 Å². The van der Waals surface area contributed by atoms with Gasteiger partial charge in [-0.3, -0.25) is 4.79 Å². The molecule has 1 aliphatic carbocycles. The van der Waals surface area contributed by atoms with Crippen molar-refractivity contribution in [2.45, 2.75) is 24.4 Å². The molecule has 19 heavy (non-hydrogen) atoms. The Morgan fingerprint density at radius 3 is 2.37 bits per heavy atom. The van der Waals surface area contributed by atoms with E-state index in [9.17, 15) is 18.0 Å². The Morgan fingerprint density at radius 1 is 1.32 bits per heavy atom. The second-order valence-electron chi connectivity index (χ2n) is 4.64. The molecule has 1 unspecified atom stereocenters. The van der Waals surface area contributed by atoms with E-state index in [-0.39, 0.29) is 10.9 Å². The molecule has 0 radical (unpaired) electrons. The summed E-state index contributed by atoms with van der Waals surface area (Å²) < 4.78 is 37.1. The number of halogens is 4. The predicted octanol–water partition coefficient (Wildman–Crippen LogP) is 3.45. The van der Waals surface area contributed by atoms with Crippen LogP contribution in [0.2, 0.25) is 0 Å². The minimum atomic E-state index is -4.39. The second kappa shape index (κ2) is 5.41. The summed E-state index contributed by atoms with van der Waals surface area (Å²) in [6.07, 6.45) is -2.24. The van der Waals surface area contributed by atoms with E-state index in [1.807, 2.05) is 0 Å². The van der Waals surface area contributed by atoms with Gasteiger partial charge in [-0.2, -0.15) is 13.2 Å². The number of nitrogens with one attached hydrogen (secondary N) is 1. The molecule has 0 bridgehead atoms. The van der Waals surface area contributed by atoms with Crippen molar-refractivity contribution in [1.29, 1.82) is 0 Å². The van der Waals surface area contributed by atoms with Crippen LogP contribution in [0.3, 0.4) is 0 Å². The fraction of sp³-hybridized carbons (Fsp3) is 0.462. The molecular formula is C13H13ClF3NO. The van der Waals surface area contributed by atoms with Crippen LogP contribution in [0.15, 0.2) is 24.3 Å². The molecule has 2 nitrogen and oxygen atoms in total. The van der Waals surface area contributed by atoms with Gasteiger partial charge in [-0.05, 0) is 43.0 Å². The topological polar surface area (TPSA) is 29.1 Å². The Hall–Kier alpha value is -1.23. The summed E-state index contributed by atoms with van der Waals surface area (Å²) in [5.74, 6) is 0.0506. The van der Waals surface area contributed by atoms with Gasteiger partial charge in [0.15, 0.2) is 0 Å². The molecule has 1 aromatic rings. The summed E-state index contributed by atoms with van der Waals surface area (Å²) >= 11 is 6.03. The monoisotopic (exact) mass is 291 g/mol. The number of hydrogen-bond acceptors (Lipinski definition) is 1. The SMILES string of the molecule is O=C(NCC(Cl)C1CC1)c1ccc(C(F)(F)F)cc1. The summed E-state index contributed by atoms with van der Waals surface area (Å²) in [5, 5.41) is 2.53. The first-order valence-corrected chi connectivity index (χ1v) is 6.41. The molecule has 1 saturated carbocycles. The number of amides is 1. The van der Waals surface area contributed by atoms with Gasteiger partial charge in [-0.15, -0.1) is 11.6 Å². The number of carbonyl (C=O) groups is 1. The summed E-state index contributed by atoms with van der Waals surface area (Å²) in [6.45, 7) is 0.339. The van der Waals surface area contributed by atoms with E-state index < -0.39 is 17.6 Å². The van der Waals surface area contributed by atoms with E-state index in [0.29, 0.717) is 12.5 Å². The molecule has 1 fully saturated rings. The standard InChI is InChI=1S/C13H13ClF3NO/c14-11(8-1-2-8)7-18-12(19)9-3-5-10(6-4-9)13(15,16)17/h3-6,8,11H,1-2,7H2,(H,18,19). The maximum Gasteiger partial charge on any atom is 0.416 e. The van der Waals surface area contributed by atoms with Gasteiger partial charge in [0.2, 0.25) is 0 Å². The van der Waals surface area contributed by atoms with Crippen LogP contribution in [0.25, 0.3) is 0 Å². The van der Waals surface area contributed by atoms with Crippen LogP contribution >= 0.6 is 11.6 Å². The van der Waals surface area contributed by atoms with Gasteiger partial charge in [0, 0.05) is 12.1 Å². The highest BCUT2D eigenvalue weighted by Crippen LogP contribution is 2.35. The highest BCUT2D eigenvalue weighted by molar-refractivity contribution is 6.21. The third-order valence-electron chi connectivity index (χ3n) is 3.07. The molecule has 0 aromatic heterocycles. The van der Waals surface area contributed by atoms with Crippen LogP contribution in [0, 0.1) is 5.92 Å². The minimum Gasteiger partial charge on any atom is -0.351 e. The maximum atomic E-state index is 12.4. The van der Waals surface area contributed by atoms with E-state index >= 15 is 0 Å². The van der Waals surface area contributed by atoms with Crippen LogP contribution in [0.1, 0.15) is 28.8 Å². The summed E-state index contributed by atoms with van der Waals surface area (Å²) in [5.41, 5.74) is -0.565. The van der Waals surface area contributed by atoms with Gasteiger partial charge in [0.05, 0.1) is 10.9 Å². The fourth-order valence-corrected chi connectivity index (χ4v) is 2.06. The molecule has 1 aliphatic rings. The summed E-state index contributed by atoms with van der Waals surface area (Å²) in [6, 6.07) is 4.12. The molecule has 0 heterocycles. The van der Waals surface area contributed by atoms with Crippen molar-refractivity contribution in [3.63, 3.8) is 0 Å². The van der Waals surface area contributed by atoms with Crippen LogP contribution < -0.4 is 5.32 Å². The third-order valence-corrected chi connectivity index (χ3v) is 3.58. The molecular weight excluding hydrogens is 279 g/mol. The number of hydrogen-bond donors (Lipinski definition) is 1. The number of rotatable bonds is 4. The quantitative estimate of drug-likeness (QED) is 0.846. The minimum absolute atomic E-state index is 0.0987. The molecule has 0 saturated heterocycles. The Balaban J connectivity index is 1.91. The van der Waals surface area contributed by atoms with Crippen LogP contribution in [-0.2, 0) is 6.18 Å². The Kier molecular flexibility index (Phi) is 4.04. The van der Waals surface area contributed by atoms with E-state index in [1.165, 1.54) is 12.1 Å². The zero-order chi connectivity index (χ0) is 14.0. The van der Waals surface area contributed by atoms with Gasteiger partial charge in [0.25, 0.3) is 5.91 Å². The van der Waals surface area contributed by atoms with E-state index in [0.717, 1.165) is 25.0 Å². The molecule has 2 rings (SSSR count). The second-order valence-corrected chi connectivity index (χ2v) is 5.20. The molecule has 6 heteroatoms. The molecule has 104 valence electrons. The van der Waals surface area contributed by atoms with E-state index in [2.05, 4.69) is 5.32 Å². The van der Waals surface area contributed by atoms with E-state index in [4.69, 9.17) is 11.6 Å². The highest BCUT2D eigenvalue weighted by atomic mass is 35.5. The lowest BCUT2D eigenvalue weighted by atomic mass is 10.1. The molecule has 1 N–H and O–H groups in total. The maximum absolute atomic E-state index is 12.4. The van der Waals surface area contributed by atoms with Crippen molar-refractivity contribution in [3.05, 3.63) is 35.4 Å². The van der Waals surface area contributed by atoms with Crippen molar-refractivity contribution < 1.29 is 18.0 Å². The first-order valence-electron chi connectivity index (χ1n) is 5.97. The van der Waals surface area contributed by atoms with Crippen molar-refractivity contribution in [1.82, 2.24) is 5.32 Å². The lowest BCUT2D eigenvalue weighted by molar-refractivity contribution is -0.137. The van der Waals surface area contributed by atoms with Crippen molar-refractivity contribution >= 4 is 17.5 Å². The van der Waals surface area contributed by atoms with Gasteiger partial charge in [-0.25, -0.2) is 0 Å². The fourth-order valence-electron chi connectivity index (χ4n) is 1.73. The average Bonchev–Trinajstić information content (AvgIpc) is 3.19. The smallest absolute Gasteiger partial charge is 0.351 e. The van der Waals surface area contributed by atoms with E-state index in [1.54, 1.807) is 0 Å². The van der Waals surface area contributed by atoms with Gasteiger partial charge < -0.3 is 5.32 Å². The summed E-state index contributed by atoms with van der Waals surface area (Å²) in [7, 11) is 0. The van der Waals surface area contributed by atoms with Gasteiger partial charge in [-0.1, -0.05) is 0 Å². The van der Waals surface area contributed by atoms with Gasteiger partial charge in [0.1, 0.15) is 0 Å². The van der Waals surface area contributed by atoms with Gasteiger partial charge >= 0.3 is 6.18 Å². The molecule has 1 atom stereocenters. The zero-order valence-corrected chi connectivity index (χ0v) is 10.8. The normalized spacial score (nSPS) is 17.1. The summed E-state index contributed by atoms with van der Waals surface area (Å²) in [4.78, 5) is 11.7. The number of benzene rings is 1. The average molecular weight is 292 g/mol. The Labute approximate surface area is 113 Å². The lowest BCUT2D eigenvalue weighted by Gasteiger charge is -2.10. The first-order chi connectivity index (χ1) is 8.88.